The predicted molar refractivity (Wildman–Crippen MR) is 94.8 cm³/mol. The molecule has 25 heavy (non-hydrogen) atoms. The highest BCUT2D eigenvalue weighted by Crippen LogP contribution is 2.38. The Balaban J connectivity index is 1.82. The molecule has 1 heterocycles. The van der Waals surface area contributed by atoms with Gasteiger partial charge in [0, 0.05) is 37.0 Å². The standard InChI is InChI=1S/C20H29NO4/c1-12-17-15(23)9-20(2,3)10-16(17)25-18(12)19(24)21-14-8-6-4-5-7-13(14)11-22/h13-14,22H,4-11H2,1-3H3,(H,21,24). The average Bonchev–Trinajstić information content (AvgIpc) is 2.71. The number of aliphatic hydroxyl groups is 1. The molecule has 0 bridgehead atoms. The van der Waals surface area contributed by atoms with Crippen LogP contribution in [0.25, 0.3) is 0 Å². The molecule has 5 nitrogen and oxygen atoms in total. The van der Waals surface area contributed by atoms with E-state index in [1.165, 1.54) is 0 Å². The van der Waals surface area contributed by atoms with E-state index in [1.54, 1.807) is 6.92 Å². The summed E-state index contributed by atoms with van der Waals surface area (Å²) in [5.74, 6) is 0.800. The molecule has 2 unspecified atom stereocenters. The minimum Gasteiger partial charge on any atom is -0.455 e. The van der Waals surface area contributed by atoms with Gasteiger partial charge in [0.25, 0.3) is 5.91 Å². The van der Waals surface area contributed by atoms with E-state index in [2.05, 4.69) is 5.32 Å². The molecule has 3 rings (SSSR count). The van der Waals surface area contributed by atoms with Gasteiger partial charge in [0.15, 0.2) is 11.5 Å². The van der Waals surface area contributed by atoms with Gasteiger partial charge < -0.3 is 14.8 Å². The minimum absolute atomic E-state index is 0.0336. The summed E-state index contributed by atoms with van der Waals surface area (Å²) >= 11 is 0. The first-order chi connectivity index (χ1) is 11.8. The molecular formula is C20H29NO4. The second-order valence-corrected chi connectivity index (χ2v) is 8.46. The van der Waals surface area contributed by atoms with Gasteiger partial charge in [0.05, 0.1) is 5.56 Å². The van der Waals surface area contributed by atoms with Gasteiger partial charge in [0.2, 0.25) is 0 Å². The Morgan fingerprint density at radius 3 is 2.68 bits per heavy atom. The van der Waals surface area contributed by atoms with Gasteiger partial charge in [-0.2, -0.15) is 0 Å². The predicted octanol–water partition coefficient (Wildman–Crippen LogP) is 3.41. The third-order valence-electron chi connectivity index (χ3n) is 5.69. The van der Waals surface area contributed by atoms with Crippen LogP contribution in [0.3, 0.4) is 0 Å². The van der Waals surface area contributed by atoms with Gasteiger partial charge in [0.1, 0.15) is 5.76 Å². The van der Waals surface area contributed by atoms with Crippen molar-refractivity contribution < 1.29 is 19.1 Å². The van der Waals surface area contributed by atoms with Gasteiger partial charge in [-0.3, -0.25) is 9.59 Å². The molecule has 1 aromatic rings. The van der Waals surface area contributed by atoms with E-state index in [9.17, 15) is 14.7 Å². The number of aliphatic hydroxyl groups excluding tert-OH is 1. The Labute approximate surface area is 149 Å². The van der Waals surface area contributed by atoms with Crippen LogP contribution in [0, 0.1) is 18.3 Å². The fourth-order valence-corrected chi connectivity index (χ4v) is 4.33. The molecule has 2 aliphatic carbocycles. The Kier molecular flexibility index (Phi) is 5.05. The number of carbonyl (C=O) groups excluding carboxylic acids is 2. The summed E-state index contributed by atoms with van der Waals surface area (Å²) in [7, 11) is 0. The largest absolute Gasteiger partial charge is 0.455 e. The summed E-state index contributed by atoms with van der Waals surface area (Å²) in [6.45, 7) is 5.97. The van der Waals surface area contributed by atoms with Crippen LogP contribution in [-0.2, 0) is 6.42 Å². The fraction of sp³-hybridized carbons (Fsp3) is 0.700. The van der Waals surface area contributed by atoms with Crippen LogP contribution in [0.2, 0.25) is 0 Å². The number of hydrogen-bond acceptors (Lipinski definition) is 4. The van der Waals surface area contributed by atoms with Crippen LogP contribution in [0.5, 0.6) is 0 Å². The molecule has 1 fully saturated rings. The molecular weight excluding hydrogens is 318 g/mol. The molecule has 2 N–H and O–H groups in total. The Morgan fingerprint density at radius 1 is 1.24 bits per heavy atom. The maximum atomic E-state index is 12.8. The van der Waals surface area contributed by atoms with Gasteiger partial charge in [-0.05, 0) is 25.2 Å². The third kappa shape index (κ3) is 3.66. The zero-order valence-corrected chi connectivity index (χ0v) is 15.5. The van der Waals surface area contributed by atoms with E-state index < -0.39 is 0 Å². The zero-order chi connectivity index (χ0) is 18.2. The molecule has 0 radical (unpaired) electrons. The van der Waals surface area contributed by atoms with Gasteiger partial charge >= 0.3 is 0 Å². The third-order valence-corrected chi connectivity index (χ3v) is 5.69. The number of nitrogens with one attached hydrogen (secondary N) is 1. The molecule has 5 heteroatoms. The highest BCUT2D eigenvalue weighted by Gasteiger charge is 2.37. The van der Waals surface area contributed by atoms with Crippen molar-refractivity contribution in [2.75, 3.05) is 6.61 Å². The topological polar surface area (TPSA) is 79.5 Å². The Morgan fingerprint density at radius 2 is 1.96 bits per heavy atom. The number of fused-ring (bicyclic) bond motifs is 1. The van der Waals surface area contributed by atoms with E-state index in [1.807, 2.05) is 13.8 Å². The van der Waals surface area contributed by atoms with Gasteiger partial charge in [-0.25, -0.2) is 0 Å². The lowest BCUT2D eigenvalue weighted by Crippen LogP contribution is -2.41. The normalized spacial score (nSPS) is 26.0. The van der Waals surface area contributed by atoms with E-state index in [-0.39, 0.29) is 41.4 Å². The number of amides is 1. The van der Waals surface area contributed by atoms with Crippen molar-refractivity contribution in [1.82, 2.24) is 5.32 Å². The van der Waals surface area contributed by atoms with E-state index in [0.29, 0.717) is 29.7 Å². The smallest absolute Gasteiger partial charge is 0.287 e. The van der Waals surface area contributed by atoms with Crippen LogP contribution in [0.4, 0.5) is 0 Å². The molecule has 0 spiro atoms. The van der Waals surface area contributed by atoms with Crippen molar-refractivity contribution in [3.05, 3.63) is 22.6 Å². The first-order valence-electron chi connectivity index (χ1n) is 9.39. The zero-order valence-electron chi connectivity index (χ0n) is 15.5. The molecule has 0 saturated heterocycles. The summed E-state index contributed by atoms with van der Waals surface area (Å²) < 4.78 is 5.85. The first kappa shape index (κ1) is 18.2. The number of rotatable bonds is 3. The Hall–Kier alpha value is -1.62. The van der Waals surface area contributed by atoms with Crippen LogP contribution < -0.4 is 5.32 Å². The van der Waals surface area contributed by atoms with Crippen LogP contribution >= 0.6 is 0 Å². The van der Waals surface area contributed by atoms with E-state index >= 15 is 0 Å². The number of furan rings is 1. The maximum Gasteiger partial charge on any atom is 0.287 e. The fourth-order valence-electron chi connectivity index (χ4n) is 4.33. The average molecular weight is 347 g/mol. The summed E-state index contributed by atoms with van der Waals surface area (Å²) in [5, 5.41) is 12.7. The molecule has 2 atom stereocenters. The van der Waals surface area contributed by atoms with E-state index in [0.717, 1.165) is 32.1 Å². The Bertz CT molecular complexity index is 673. The van der Waals surface area contributed by atoms with Crippen molar-refractivity contribution >= 4 is 11.7 Å². The van der Waals surface area contributed by atoms with Crippen molar-refractivity contribution in [3.8, 4) is 0 Å². The van der Waals surface area contributed by atoms with Crippen molar-refractivity contribution in [1.29, 1.82) is 0 Å². The van der Waals surface area contributed by atoms with Crippen LogP contribution in [-0.4, -0.2) is 29.4 Å². The van der Waals surface area contributed by atoms with Crippen LogP contribution in [0.1, 0.15) is 84.6 Å². The summed E-state index contributed by atoms with van der Waals surface area (Å²) in [6.07, 6.45) is 6.25. The molecule has 0 aromatic carbocycles. The molecule has 1 amide bonds. The second-order valence-electron chi connectivity index (χ2n) is 8.46. The van der Waals surface area contributed by atoms with Gasteiger partial charge in [-0.1, -0.05) is 33.1 Å². The highest BCUT2D eigenvalue weighted by atomic mass is 16.4. The number of Topliss-reactive ketones (excluding diaryl/α,β-unsaturated/α-hetero) is 1. The summed E-state index contributed by atoms with van der Waals surface area (Å²) in [4.78, 5) is 25.3. The monoisotopic (exact) mass is 347 g/mol. The minimum atomic E-state index is -0.261. The van der Waals surface area contributed by atoms with Crippen molar-refractivity contribution in [2.24, 2.45) is 11.3 Å². The van der Waals surface area contributed by atoms with Gasteiger partial charge in [-0.15, -0.1) is 0 Å². The van der Waals surface area contributed by atoms with Crippen molar-refractivity contribution in [2.45, 2.75) is 71.8 Å². The molecule has 0 aliphatic heterocycles. The molecule has 2 aliphatic rings. The van der Waals surface area contributed by atoms with E-state index in [4.69, 9.17) is 4.42 Å². The molecule has 1 saturated carbocycles. The lowest BCUT2D eigenvalue weighted by Gasteiger charge is -2.27. The molecule has 138 valence electrons. The lowest BCUT2D eigenvalue weighted by molar-refractivity contribution is 0.0857. The quantitative estimate of drug-likeness (QED) is 0.821. The molecule has 1 aromatic heterocycles. The second kappa shape index (κ2) is 6.94. The number of carbonyl (C=O) groups is 2. The van der Waals surface area contributed by atoms with Crippen LogP contribution in [0.15, 0.2) is 4.42 Å². The highest BCUT2D eigenvalue weighted by molar-refractivity contribution is 6.03. The summed E-state index contributed by atoms with van der Waals surface area (Å²) in [5.41, 5.74) is 1.12. The van der Waals surface area contributed by atoms with Crippen molar-refractivity contribution in [3.63, 3.8) is 0 Å². The summed E-state index contributed by atoms with van der Waals surface area (Å²) in [6, 6.07) is -0.0336. The maximum absolute atomic E-state index is 12.8. The number of hydrogen-bond donors (Lipinski definition) is 2. The first-order valence-corrected chi connectivity index (χ1v) is 9.39. The lowest BCUT2D eigenvalue weighted by atomic mass is 9.76. The number of ketones is 1. The SMILES string of the molecule is Cc1c(C(=O)NC2CCCCCC2CO)oc2c1C(=O)CC(C)(C)C2.